The highest BCUT2D eigenvalue weighted by Gasteiger charge is 2.23. The number of hydrogen-bond acceptors (Lipinski definition) is 5. The molecule has 0 spiro atoms. The Morgan fingerprint density at radius 1 is 1.14 bits per heavy atom. The van der Waals surface area contributed by atoms with Gasteiger partial charge in [0.25, 0.3) is 0 Å². The molecule has 0 saturated heterocycles. The molecule has 0 amide bonds. The molecule has 0 fully saturated rings. The second-order valence-corrected chi connectivity index (χ2v) is 6.24. The highest BCUT2D eigenvalue weighted by molar-refractivity contribution is 6.03. The van der Waals surface area contributed by atoms with E-state index in [2.05, 4.69) is 28.9 Å². The van der Waals surface area contributed by atoms with Gasteiger partial charge in [0.15, 0.2) is 0 Å². The van der Waals surface area contributed by atoms with E-state index in [0.29, 0.717) is 41.7 Å². The van der Waals surface area contributed by atoms with Crippen molar-refractivity contribution in [2.45, 2.75) is 59.7 Å². The van der Waals surface area contributed by atoms with Gasteiger partial charge in [-0.2, -0.15) is 8.78 Å². The molecule has 0 unspecified atom stereocenters. The normalized spacial score (nSPS) is 10.7. The number of rotatable bonds is 8. The molecule has 1 aromatic heterocycles. The molecule has 2 rings (SSSR count). The Bertz CT molecular complexity index is 742. The van der Waals surface area contributed by atoms with Crippen LogP contribution >= 0.6 is 0 Å². The van der Waals surface area contributed by atoms with Gasteiger partial charge < -0.3 is 20.6 Å². The minimum Gasteiger partial charge on any atom is -0.433 e. The van der Waals surface area contributed by atoms with Crippen LogP contribution in [0, 0.1) is 5.41 Å². The van der Waals surface area contributed by atoms with Crippen molar-refractivity contribution in [2.24, 2.45) is 0 Å². The van der Waals surface area contributed by atoms with Gasteiger partial charge in [0.1, 0.15) is 11.6 Å². The maximum atomic E-state index is 12.8. The zero-order chi connectivity index (χ0) is 21.2. The lowest BCUT2D eigenvalue weighted by Gasteiger charge is -2.16. The maximum Gasteiger partial charge on any atom is 0.394 e. The van der Waals surface area contributed by atoms with Crippen molar-refractivity contribution in [2.75, 3.05) is 5.32 Å². The number of aliphatic hydroxyl groups is 1. The summed E-state index contributed by atoms with van der Waals surface area (Å²) in [5.41, 5.74) is 2.10. The van der Waals surface area contributed by atoms with Crippen LogP contribution in [-0.2, 0) is 6.61 Å². The van der Waals surface area contributed by atoms with E-state index in [-0.39, 0.29) is 12.4 Å². The van der Waals surface area contributed by atoms with Crippen molar-refractivity contribution < 1.29 is 18.6 Å². The van der Waals surface area contributed by atoms with Crippen LogP contribution < -0.4 is 10.1 Å². The Hall–Kier alpha value is -2.54. The number of ether oxygens (including phenoxy) is 1. The van der Waals surface area contributed by atoms with Gasteiger partial charge >= 0.3 is 6.11 Å². The Morgan fingerprint density at radius 2 is 1.75 bits per heavy atom. The zero-order valence-electron chi connectivity index (χ0n) is 16.9. The Kier molecular flexibility index (Phi) is 9.51. The molecule has 2 aromatic rings. The van der Waals surface area contributed by atoms with Gasteiger partial charge in [-0.25, -0.2) is 4.98 Å². The molecule has 0 saturated carbocycles. The number of anilines is 2. The second kappa shape index (κ2) is 11.3. The van der Waals surface area contributed by atoms with Gasteiger partial charge in [-0.1, -0.05) is 33.6 Å². The van der Waals surface area contributed by atoms with Crippen molar-refractivity contribution in [1.29, 1.82) is 5.41 Å². The van der Waals surface area contributed by atoms with Gasteiger partial charge in [-0.3, -0.25) is 0 Å². The van der Waals surface area contributed by atoms with Gasteiger partial charge in [-0.15, -0.1) is 0 Å². The Balaban J connectivity index is 0.000000892. The third-order valence-electron chi connectivity index (χ3n) is 3.78. The summed E-state index contributed by atoms with van der Waals surface area (Å²) in [6.45, 7) is 6.68. The maximum absolute atomic E-state index is 12.8. The van der Waals surface area contributed by atoms with E-state index in [0.717, 1.165) is 0 Å². The molecular weight excluding hydrogens is 364 g/mol. The fourth-order valence-corrected chi connectivity index (χ4v) is 2.19. The number of nitrogens with one attached hydrogen (secondary N) is 2. The van der Waals surface area contributed by atoms with E-state index in [1.807, 2.05) is 6.92 Å². The largest absolute Gasteiger partial charge is 0.433 e. The molecular formula is C21H29F2N3O2. The molecule has 7 heteroatoms. The van der Waals surface area contributed by atoms with Crippen LogP contribution in [0.1, 0.15) is 58.1 Å². The van der Waals surface area contributed by atoms with E-state index in [1.165, 1.54) is 31.2 Å². The predicted octanol–water partition coefficient (Wildman–Crippen LogP) is 5.89. The van der Waals surface area contributed by atoms with E-state index >= 15 is 0 Å². The molecule has 1 aromatic carbocycles. The topological polar surface area (TPSA) is 78.2 Å². The molecule has 0 bridgehead atoms. The van der Waals surface area contributed by atoms with E-state index in [4.69, 9.17) is 5.41 Å². The van der Waals surface area contributed by atoms with Gasteiger partial charge in [-0.05, 0) is 42.3 Å². The third-order valence-corrected chi connectivity index (χ3v) is 3.78. The summed E-state index contributed by atoms with van der Waals surface area (Å²) in [5, 5.41) is 20.6. The molecule has 1 heterocycles. The van der Waals surface area contributed by atoms with Crippen LogP contribution in [-0.4, -0.2) is 21.9 Å². The molecule has 0 aliphatic rings. The number of halogens is 2. The average molecular weight is 393 g/mol. The number of aromatic nitrogens is 1. The number of pyridine rings is 1. The highest BCUT2D eigenvalue weighted by Crippen LogP contribution is 2.26. The van der Waals surface area contributed by atoms with Crippen LogP contribution in [0.25, 0.3) is 0 Å². The average Bonchev–Trinajstić information content (AvgIpc) is 2.67. The van der Waals surface area contributed by atoms with Crippen molar-refractivity contribution >= 4 is 17.2 Å². The highest BCUT2D eigenvalue weighted by atomic mass is 19.3. The van der Waals surface area contributed by atoms with Crippen molar-refractivity contribution in [3.8, 4) is 5.75 Å². The Labute approximate surface area is 165 Å². The summed E-state index contributed by atoms with van der Waals surface area (Å²) < 4.78 is 30.1. The minimum absolute atomic E-state index is 0.0478. The molecule has 0 atom stereocenters. The number of benzene rings is 1. The van der Waals surface area contributed by atoms with E-state index in [9.17, 15) is 13.9 Å². The van der Waals surface area contributed by atoms with Crippen LogP contribution in [0.3, 0.4) is 0 Å². The van der Waals surface area contributed by atoms with Crippen molar-refractivity contribution in [3.05, 3.63) is 47.7 Å². The van der Waals surface area contributed by atoms with Gasteiger partial charge in [0.05, 0.1) is 6.61 Å². The fourth-order valence-electron chi connectivity index (χ4n) is 2.19. The molecule has 0 aliphatic heterocycles. The lowest BCUT2D eigenvalue weighted by Crippen LogP contribution is -2.18. The first-order chi connectivity index (χ1) is 13.3. The number of aliphatic hydroxyl groups excluding tert-OH is 1. The molecule has 28 heavy (non-hydrogen) atoms. The van der Waals surface area contributed by atoms with Crippen LogP contribution in [0.15, 0.2) is 36.5 Å². The first-order valence-electron chi connectivity index (χ1n) is 9.36. The minimum atomic E-state index is -3.24. The van der Waals surface area contributed by atoms with E-state index < -0.39 is 6.11 Å². The second-order valence-electron chi connectivity index (χ2n) is 6.24. The number of alkyl halides is 2. The molecule has 0 aliphatic carbocycles. The smallest absolute Gasteiger partial charge is 0.394 e. The summed E-state index contributed by atoms with van der Waals surface area (Å²) in [6.07, 6.45) is 1.43. The van der Waals surface area contributed by atoms with Crippen LogP contribution in [0.5, 0.6) is 5.75 Å². The van der Waals surface area contributed by atoms with E-state index in [1.54, 1.807) is 18.2 Å². The molecule has 5 nitrogen and oxygen atoms in total. The standard InChI is InChI=1S/C17H19F2N3O2.C4H10/c1-3-14(20)15-11(10-23)8-9-21-16(15)22-12-4-6-13(7-5-12)24-17(2,18)19;1-3-4-2/h4-9,20,23H,3,10H2,1-2H3,(H,21,22);3-4H2,1-2H3. The first-order valence-corrected chi connectivity index (χ1v) is 9.36. The first kappa shape index (κ1) is 23.5. The Morgan fingerprint density at radius 3 is 2.21 bits per heavy atom. The monoisotopic (exact) mass is 393 g/mol. The van der Waals surface area contributed by atoms with Gasteiger partial charge in [0, 0.05) is 30.1 Å². The third kappa shape index (κ3) is 7.60. The van der Waals surface area contributed by atoms with Crippen molar-refractivity contribution in [1.82, 2.24) is 4.98 Å². The summed E-state index contributed by atoms with van der Waals surface area (Å²) in [5.74, 6) is 0.481. The SMILES string of the molecule is CCC(=N)c1c(CO)ccnc1Nc1ccc(OC(C)(F)F)cc1.CCCC. The summed E-state index contributed by atoms with van der Waals surface area (Å²) in [4.78, 5) is 4.22. The lowest BCUT2D eigenvalue weighted by atomic mass is 10.0. The van der Waals surface area contributed by atoms with Crippen molar-refractivity contribution in [3.63, 3.8) is 0 Å². The quantitative estimate of drug-likeness (QED) is 0.488. The zero-order valence-corrected chi connectivity index (χ0v) is 16.9. The number of nitrogens with zero attached hydrogens (tertiary/aromatic N) is 1. The molecule has 3 N–H and O–H groups in total. The lowest BCUT2D eigenvalue weighted by molar-refractivity contribution is -0.158. The van der Waals surface area contributed by atoms with Crippen LogP contribution in [0.2, 0.25) is 0 Å². The molecule has 154 valence electrons. The predicted molar refractivity (Wildman–Crippen MR) is 109 cm³/mol. The number of hydrogen-bond donors (Lipinski definition) is 3. The fraction of sp³-hybridized carbons (Fsp3) is 0.429. The summed E-state index contributed by atoms with van der Waals surface area (Å²) in [7, 11) is 0. The molecule has 0 radical (unpaired) electrons. The van der Waals surface area contributed by atoms with Gasteiger partial charge in [0.2, 0.25) is 0 Å². The summed E-state index contributed by atoms with van der Waals surface area (Å²) >= 11 is 0. The van der Waals surface area contributed by atoms with Crippen LogP contribution in [0.4, 0.5) is 20.3 Å². The number of unbranched alkanes of at least 4 members (excludes halogenated alkanes) is 1. The summed E-state index contributed by atoms with van der Waals surface area (Å²) in [6, 6.07) is 7.65.